The van der Waals surface area contributed by atoms with E-state index in [9.17, 15) is 13.2 Å². The maximum absolute atomic E-state index is 13.6. The Morgan fingerprint density at radius 2 is 1.75 bits per heavy atom. The van der Waals surface area contributed by atoms with Crippen molar-refractivity contribution in [3.8, 4) is 0 Å². The predicted octanol–water partition coefficient (Wildman–Crippen LogP) is 3.72. The average molecular weight is 386 g/mol. The van der Waals surface area contributed by atoms with Gasteiger partial charge in [0, 0.05) is 43.6 Å². The smallest absolute Gasteiger partial charge is 0.194 e. The number of piperazine rings is 1. The molecular weight excluding hydrogens is 365 g/mol. The van der Waals surface area contributed by atoms with Gasteiger partial charge in [-0.05, 0) is 49.0 Å². The van der Waals surface area contributed by atoms with Crippen molar-refractivity contribution in [2.24, 2.45) is 9.98 Å². The molecule has 7 heteroatoms. The molecule has 0 amide bonds. The van der Waals surface area contributed by atoms with Crippen molar-refractivity contribution < 1.29 is 13.2 Å². The Labute approximate surface area is 162 Å². The van der Waals surface area contributed by atoms with Gasteiger partial charge in [-0.2, -0.15) is 0 Å². The molecule has 1 heterocycles. The Bertz CT molecular complexity index is 885. The number of hydrogen-bond donors (Lipinski definition) is 1. The monoisotopic (exact) mass is 386 g/mol. The maximum atomic E-state index is 13.6. The van der Waals surface area contributed by atoms with Crippen LogP contribution in [0.1, 0.15) is 11.1 Å². The molecule has 0 saturated carbocycles. The SMILES string of the molecule is C=NC(=N/C=C\Cc1ccc(F)c(F)c1F)c1ccc(N2CCNCC2)cc1. The molecule has 2 aromatic rings. The highest BCUT2D eigenvalue weighted by molar-refractivity contribution is 6.01. The second kappa shape index (κ2) is 9.32. The van der Waals surface area contributed by atoms with Gasteiger partial charge in [-0.15, -0.1) is 0 Å². The number of amidine groups is 1. The summed E-state index contributed by atoms with van der Waals surface area (Å²) in [5, 5.41) is 3.32. The predicted molar refractivity (Wildman–Crippen MR) is 107 cm³/mol. The van der Waals surface area contributed by atoms with Gasteiger partial charge in [-0.1, -0.05) is 12.1 Å². The maximum Gasteiger partial charge on any atom is 0.194 e. The molecule has 4 nitrogen and oxygen atoms in total. The third kappa shape index (κ3) is 4.67. The van der Waals surface area contributed by atoms with Gasteiger partial charge in [0.25, 0.3) is 0 Å². The van der Waals surface area contributed by atoms with Crippen LogP contribution in [0.3, 0.4) is 0 Å². The quantitative estimate of drug-likeness (QED) is 0.483. The van der Waals surface area contributed by atoms with Gasteiger partial charge >= 0.3 is 0 Å². The molecule has 1 fully saturated rings. The molecule has 3 rings (SSSR count). The van der Waals surface area contributed by atoms with E-state index in [4.69, 9.17) is 0 Å². The van der Waals surface area contributed by atoms with Gasteiger partial charge in [0.1, 0.15) is 0 Å². The molecule has 0 spiro atoms. The van der Waals surface area contributed by atoms with Crippen LogP contribution in [0.15, 0.2) is 58.7 Å². The first-order chi connectivity index (χ1) is 13.6. The summed E-state index contributed by atoms with van der Waals surface area (Å²) in [7, 11) is 0. The van der Waals surface area contributed by atoms with E-state index in [1.165, 1.54) is 12.3 Å². The van der Waals surface area contributed by atoms with Crippen LogP contribution in [0.4, 0.5) is 18.9 Å². The van der Waals surface area contributed by atoms with E-state index in [0.29, 0.717) is 5.84 Å². The van der Waals surface area contributed by atoms with Crippen LogP contribution >= 0.6 is 0 Å². The number of aliphatic imine (C=N–C) groups is 2. The van der Waals surface area contributed by atoms with Gasteiger partial charge in [-0.25, -0.2) is 23.2 Å². The number of hydrogen-bond acceptors (Lipinski definition) is 3. The van der Waals surface area contributed by atoms with E-state index in [0.717, 1.165) is 43.5 Å². The first kappa shape index (κ1) is 19.8. The largest absolute Gasteiger partial charge is 0.369 e. The first-order valence-corrected chi connectivity index (χ1v) is 8.98. The minimum atomic E-state index is -1.47. The molecule has 0 unspecified atom stereocenters. The lowest BCUT2D eigenvalue weighted by molar-refractivity contribution is 0.442. The van der Waals surface area contributed by atoms with Gasteiger partial charge in [0.2, 0.25) is 0 Å². The molecule has 1 saturated heterocycles. The summed E-state index contributed by atoms with van der Waals surface area (Å²) in [6, 6.07) is 10.00. The molecule has 2 aromatic carbocycles. The van der Waals surface area contributed by atoms with Crippen molar-refractivity contribution in [2.75, 3.05) is 31.1 Å². The lowest BCUT2D eigenvalue weighted by Gasteiger charge is -2.29. The number of anilines is 1. The Balaban J connectivity index is 1.67. The summed E-state index contributed by atoms with van der Waals surface area (Å²) in [5.41, 5.74) is 1.99. The lowest BCUT2D eigenvalue weighted by Crippen LogP contribution is -2.43. The fraction of sp³-hybridized carbons (Fsp3) is 0.238. The van der Waals surface area contributed by atoms with E-state index >= 15 is 0 Å². The number of allylic oxidation sites excluding steroid dienone is 1. The average Bonchev–Trinajstić information content (AvgIpc) is 2.74. The van der Waals surface area contributed by atoms with Crippen LogP contribution in [0.25, 0.3) is 0 Å². The Morgan fingerprint density at radius 1 is 1.04 bits per heavy atom. The second-order valence-electron chi connectivity index (χ2n) is 6.32. The fourth-order valence-corrected chi connectivity index (χ4v) is 2.98. The summed E-state index contributed by atoms with van der Waals surface area (Å²) in [6.45, 7) is 7.39. The molecule has 0 atom stereocenters. The fourth-order valence-electron chi connectivity index (χ4n) is 2.98. The van der Waals surface area contributed by atoms with E-state index in [2.05, 4.69) is 26.9 Å². The molecule has 0 bridgehead atoms. The number of halogens is 3. The second-order valence-corrected chi connectivity index (χ2v) is 6.32. The molecule has 0 aliphatic carbocycles. The van der Waals surface area contributed by atoms with Gasteiger partial charge in [0.05, 0.1) is 0 Å². The van der Waals surface area contributed by atoms with Crippen LogP contribution in [0, 0.1) is 17.5 Å². The highest BCUT2D eigenvalue weighted by Crippen LogP contribution is 2.17. The Hall–Kier alpha value is -2.93. The lowest BCUT2D eigenvalue weighted by atomic mass is 10.1. The molecular formula is C21H21F3N4. The van der Waals surface area contributed by atoms with Crippen LogP contribution < -0.4 is 10.2 Å². The van der Waals surface area contributed by atoms with Crippen LogP contribution in [0.2, 0.25) is 0 Å². The van der Waals surface area contributed by atoms with Gasteiger partial charge in [0.15, 0.2) is 23.3 Å². The normalized spacial score (nSPS) is 15.2. The highest BCUT2D eigenvalue weighted by Gasteiger charge is 2.12. The zero-order valence-electron chi connectivity index (χ0n) is 15.3. The van der Waals surface area contributed by atoms with E-state index in [1.807, 2.05) is 24.3 Å². The van der Waals surface area contributed by atoms with Crippen molar-refractivity contribution >= 4 is 18.2 Å². The van der Waals surface area contributed by atoms with Crippen LogP contribution in [-0.2, 0) is 6.42 Å². The zero-order chi connectivity index (χ0) is 19.9. The van der Waals surface area contributed by atoms with E-state index in [-0.39, 0.29) is 12.0 Å². The van der Waals surface area contributed by atoms with Gasteiger partial charge < -0.3 is 10.2 Å². The van der Waals surface area contributed by atoms with E-state index in [1.54, 1.807) is 6.08 Å². The molecule has 146 valence electrons. The summed E-state index contributed by atoms with van der Waals surface area (Å²) >= 11 is 0. The molecule has 1 aliphatic rings. The third-order valence-corrected chi connectivity index (χ3v) is 4.51. The van der Waals surface area contributed by atoms with Crippen molar-refractivity contribution in [2.45, 2.75) is 6.42 Å². The molecule has 1 N–H and O–H groups in total. The minimum Gasteiger partial charge on any atom is -0.369 e. The topological polar surface area (TPSA) is 40.0 Å². The van der Waals surface area contributed by atoms with Crippen LogP contribution in [0.5, 0.6) is 0 Å². The Morgan fingerprint density at radius 3 is 2.43 bits per heavy atom. The number of benzene rings is 2. The number of nitrogens with zero attached hydrogens (tertiary/aromatic N) is 3. The molecule has 28 heavy (non-hydrogen) atoms. The minimum absolute atomic E-state index is 0.0545. The highest BCUT2D eigenvalue weighted by atomic mass is 19.2. The Kier molecular flexibility index (Phi) is 6.60. The summed E-state index contributed by atoms with van der Waals surface area (Å²) in [6.07, 6.45) is 3.09. The van der Waals surface area contributed by atoms with Crippen molar-refractivity contribution in [1.82, 2.24) is 5.32 Å². The third-order valence-electron chi connectivity index (χ3n) is 4.51. The van der Waals surface area contributed by atoms with Crippen molar-refractivity contribution in [3.63, 3.8) is 0 Å². The first-order valence-electron chi connectivity index (χ1n) is 8.98. The standard InChI is InChI=1S/C21H21F3N4/c1-25-21(16-4-7-17(8-5-16)28-13-11-26-12-14-28)27-10-2-3-15-6-9-18(22)20(24)19(15)23/h2,4-10,26H,1,3,11-14H2/b10-2-,27-21?. The summed E-state index contributed by atoms with van der Waals surface area (Å²) in [5.74, 6) is -3.42. The summed E-state index contributed by atoms with van der Waals surface area (Å²) < 4.78 is 39.8. The molecule has 1 aliphatic heterocycles. The van der Waals surface area contributed by atoms with E-state index < -0.39 is 17.5 Å². The molecule has 0 radical (unpaired) electrons. The zero-order valence-corrected chi connectivity index (χ0v) is 15.3. The summed E-state index contributed by atoms with van der Waals surface area (Å²) in [4.78, 5) is 10.5. The van der Waals surface area contributed by atoms with Crippen molar-refractivity contribution in [1.29, 1.82) is 0 Å². The molecule has 0 aromatic heterocycles. The van der Waals surface area contributed by atoms with Gasteiger partial charge in [-0.3, -0.25) is 0 Å². The van der Waals surface area contributed by atoms with Crippen LogP contribution in [-0.4, -0.2) is 38.7 Å². The number of rotatable bonds is 5. The number of nitrogens with one attached hydrogen (secondary N) is 1. The van der Waals surface area contributed by atoms with Crippen molar-refractivity contribution in [3.05, 3.63) is 77.3 Å².